The van der Waals surface area contributed by atoms with Crippen LogP contribution in [0.25, 0.3) is 22.2 Å². The van der Waals surface area contributed by atoms with Gasteiger partial charge in [-0.05, 0) is 66.6 Å². The normalized spacial score (nSPS) is 16.6. The number of piperidine rings is 1. The third-order valence-electron chi connectivity index (χ3n) is 7.46. The zero-order valence-corrected chi connectivity index (χ0v) is 22.1. The Kier molecular flexibility index (Phi) is 8.46. The second-order valence-corrected chi connectivity index (χ2v) is 10.2. The number of likely N-dealkylation sites (tertiary alicyclic amines) is 1. The number of carbonyl (C=O) groups is 1. The monoisotopic (exact) mass is 511 g/mol. The molecule has 2 N–H and O–H groups in total. The maximum absolute atomic E-state index is 13.3. The molecule has 2 unspecified atom stereocenters. The molecule has 1 amide bonds. The van der Waals surface area contributed by atoms with Crippen molar-refractivity contribution in [2.24, 2.45) is 5.73 Å². The van der Waals surface area contributed by atoms with Gasteiger partial charge in [0.1, 0.15) is 5.82 Å². The average molecular weight is 512 g/mol. The van der Waals surface area contributed by atoms with Gasteiger partial charge in [-0.25, -0.2) is 4.98 Å². The van der Waals surface area contributed by atoms with Gasteiger partial charge < -0.3 is 19.9 Å². The highest BCUT2D eigenvalue weighted by molar-refractivity contribution is 5.78. The van der Waals surface area contributed by atoms with Crippen molar-refractivity contribution in [3.8, 4) is 11.1 Å². The fourth-order valence-corrected chi connectivity index (χ4v) is 5.53. The highest BCUT2D eigenvalue weighted by Gasteiger charge is 2.29. The van der Waals surface area contributed by atoms with Gasteiger partial charge in [-0.15, -0.1) is 0 Å². The molecule has 2 aromatic carbocycles. The number of hydrogen-bond donors (Lipinski definition) is 1. The number of ether oxygens (including phenoxy) is 1. The van der Waals surface area contributed by atoms with E-state index in [1.165, 1.54) is 0 Å². The third kappa shape index (κ3) is 6.11. The lowest BCUT2D eigenvalue weighted by Gasteiger charge is -2.33. The number of aryl methyl sites for hydroxylation is 1. The Labute approximate surface area is 224 Å². The van der Waals surface area contributed by atoms with Crippen molar-refractivity contribution in [1.29, 1.82) is 0 Å². The first kappa shape index (κ1) is 26.1. The van der Waals surface area contributed by atoms with Gasteiger partial charge in [0.25, 0.3) is 0 Å². The number of fused-ring (bicyclic) bond motifs is 1. The SMILES string of the molecule is COCCCn1c(C2CCCN(C(=O)CC(N)Cc3ccc(-c4ccncc4)cc3)C2)nc2ccccc21. The van der Waals surface area contributed by atoms with Gasteiger partial charge in [0.15, 0.2) is 0 Å². The summed E-state index contributed by atoms with van der Waals surface area (Å²) in [5, 5.41) is 0. The van der Waals surface area contributed by atoms with Crippen LogP contribution in [0.5, 0.6) is 0 Å². The molecule has 1 fully saturated rings. The molecule has 1 aliphatic rings. The number of nitrogens with zero attached hydrogens (tertiary/aromatic N) is 4. The van der Waals surface area contributed by atoms with Crippen LogP contribution in [0.4, 0.5) is 0 Å². The fourth-order valence-electron chi connectivity index (χ4n) is 5.53. The molecule has 198 valence electrons. The average Bonchev–Trinajstić information content (AvgIpc) is 3.33. The minimum Gasteiger partial charge on any atom is -0.385 e. The summed E-state index contributed by atoms with van der Waals surface area (Å²) in [6.07, 6.45) is 7.56. The summed E-state index contributed by atoms with van der Waals surface area (Å²) in [6, 6.07) is 20.5. The second-order valence-electron chi connectivity index (χ2n) is 10.2. The van der Waals surface area contributed by atoms with Gasteiger partial charge in [0.05, 0.1) is 11.0 Å². The predicted octanol–water partition coefficient (Wildman–Crippen LogP) is 4.80. The molecule has 5 rings (SSSR count). The standard InChI is InChI=1S/C31H37N5O2/c1-38-19-5-18-36-29-8-3-2-7-28(29)34-31(36)26-6-4-17-35(22-26)30(37)21-27(32)20-23-9-11-24(12-10-23)25-13-15-33-16-14-25/h2-3,7-16,26-27H,4-6,17-22,32H2,1H3. The van der Waals surface area contributed by atoms with Gasteiger partial charge in [-0.2, -0.15) is 0 Å². The minimum atomic E-state index is -0.215. The smallest absolute Gasteiger partial charge is 0.224 e. The van der Waals surface area contributed by atoms with Crippen molar-refractivity contribution in [3.05, 3.63) is 84.4 Å². The molecule has 0 aliphatic carbocycles. The van der Waals surface area contributed by atoms with Crippen molar-refractivity contribution >= 4 is 16.9 Å². The van der Waals surface area contributed by atoms with Gasteiger partial charge in [-0.3, -0.25) is 9.78 Å². The Morgan fingerprint density at radius 3 is 2.63 bits per heavy atom. The number of benzene rings is 2. The van der Waals surface area contributed by atoms with Gasteiger partial charge >= 0.3 is 0 Å². The van der Waals surface area contributed by atoms with E-state index in [0.717, 1.165) is 65.9 Å². The number of methoxy groups -OCH3 is 1. The first-order valence-corrected chi connectivity index (χ1v) is 13.6. The lowest BCUT2D eigenvalue weighted by atomic mass is 9.95. The molecule has 0 bridgehead atoms. The Balaban J connectivity index is 1.21. The molecule has 0 radical (unpaired) electrons. The number of amides is 1. The summed E-state index contributed by atoms with van der Waals surface area (Å²) in [4.78, 5) is 24.4. The van der Waals surface area contributed by atoms with E-state index in [-0.39, 0.29) is 17.9 Å². The van der Waals surface area contributed by atoms with E-state index >= 15 is 0 Å². The van der Waals surface area contributed by atoms with Crippen molar-refractivity contribution < 1.29 is 9.53 Å². The first-order chi connectivity index (χ1) is 18.6. The molecule has 2 aromatic heterocycles. The molecule has 1 aliphatic heterocycles. The number of rotatable bonds is 10. The Bertz CT molecular complexity index is 1340. The number of imidazole rings is 1. The molecule has 0 saturated carbocycles. The number of hydrogen-bond acceptors (Lipinski definition) is 5. The van der Waals surface area contributed by atoms with Gasteiger partial charge in [0.2, 0.25) is 5.91 Å². The number of aromatic nitrogens is 3. The van der Waals surface area contributed by atoms with E-state index in [2.05, 4.69) is 52.0 Å². The summed E-state index contributed by atoms with van der Waals surface area (Å²) < 4.78 is 7.62. The van der Waals surface area contributed by atoms with E-state index in [0.29, 0.717) is 26.0 Å². The Morgan fingerprint density at radius 1 is 1.08 bits per heavy atom. The Morgan fingerprint density at radius 2 is 1.84 bits per heavy atom. The predicted molar refractivity (Wildman–Crippen MR) is 151 cm³/mol. The summed E-state index contributed by atoms with van der Waals surface area (Å²) in [6.45, 7) is 3.05. The molecule has 2 atom stereocenters. The van der Waals surface area contributed by atoms with Crippen LogP contribution in [-0.4, -0.2) is 58.2 Å². The number of pyridine rings is 1. The zero-order valence-electron chi connectivity index (χ0n) is 22.1. The number of carbonyl (C=O) groups excluding carboxylic acids is 1. The number of nitrogens with two attached hydrogens (primary N) is 1. The van der Waals surface area contributed by atoms with Crippen molar-refractivity contribution in [2.75, 3.05) is 26.8 Å². The number of para-hydroxylation sites is 2. The third-order valence-corrected chi connectivity index (χ3v) is 7.46. The van der Waals surface area contributed by atoms with Crippen molar-refractivity contribution in [3.63, 3.8) is 0 Å². The topological polar surface area (TPSA) is 86.3 Å². The van der Waals surface area contributed by atoms with Crippen LogP contribution in [0.3, 0.4) is 0 Å². The molecular weight excluding hydrogens is 474 g/mol. The summed E-state index contributed by atoms with van der Waals surface area (Å²) >= 11 is 0. The molecule has 1 saturated heterocycles. The molecule has 38 heavy (non-hydrogen) atoms. The highest BCUT2D eigenvalue weighted by Crippen LogP contribution is 2.30. The molecule has 4 aromatic rings. The minimum absolute atomic E-state index is 0.137. The van der Waals surface area contributed by atoms with Crippen molar-refractivity contribution in [1.82, 2.24) is 19.4 Å². The summed E-state index contributed by atoms with van der Waals surface area (Å²) in [5.74, 6) is 1.44. The van der Waals surface area contributed by atoms with E-state index in [1.54, 1.807) is 19.5 Å². The van der Waals surface area contributed by atoms with Crippen LogP contribution in [0, 0.1) is 0 Å². The van der Waals surface area contributed by atoms with Gasteiger partial charge in [0, 0.05) is 64.1 Å². The summed E-state index contributed by atoms with van der Waals surface area (Å²) in [7, 11) is 1.74. The van der Waals surface area contributed by atoms with Crippen LogP contribution >= 0.6 is 0 Å². The molecule has 0 spiro atoms. The molecular formula is C31H37N5O2. The van der Waals surface area contributed by atoms with Gasteiger partial charge in [-0.1, -0.05) is 36.4 Å². The second kappa shape index (κ2) is 12.3. The van der Waals surface area contributed by atoms with Crippen LogP contribution in [-0.2, 0) is 22.5 Å². The Hall–Kier alpha value is -3.55. The first-order valence-electron chi connectivity index (χ1n) is 13.6. The fraction of sp³-hybridized carbons (Fsp3) is 0.387. The lowest BCUT2D eigenvalue weighted by Crippen LogP contribution is -2.42. The molecule has 7 nitrogen and oxygen atoms in total. The van der Waals surface area contributed by atoms with Crippen LogP contribution in [0.2, 0.25) is 0 Å². The molecule has 7 heteroatoms. The van der Waals surface area contributed by atoms with E-state index in [9.17, 15) is 4.79 Å². The van der Waals surface area contributed by atoms with Crippen LogP contribution in [0.15, 0.2) is 73.1 Å². The van der Waals surface area contributed by atoms with Crippen LogP contribution in [0.1, 0.15) is 43.0 Å². The quantitative estimate of drug-likeness (QED) is 0.309. The largest absolute Gasteiger partial charge is 0.385 e. The zero-order chi connectivity index (χ0) is 26.3. The van der Waals surface area contributed by atoms with Crippen molar-refractivity contribution in [2.45, 2.75) is 50.6 Å². The summed E-state index contributed by atoms with van der Waals surface area (Å²) in [5.41, 5.74) is 12.1. The van der Waals surface area contributed by atoms with Crippen LogP contribution < -0.4 is 5.73 Å². The van der Waals surface area contributed by atoms with E-state index in [1.807, 2.05) is 23.1 Å². The lowest BCUT2D eigenvalue weighted by molar-refractivity contribution is -0.132. The molecule has 3 heterocycles. The van der Waals surface area contributed by atoms with E-state index in [4.69, 9.17) is 15.5 Å². The highest BCUT2D eigenvalue weighted by atomic mass is 16.5. The van der Waals surface area contributed by atoms with E-state index < -0.39 is 0 Å². The maximum Gasteiger partial charge on any atom is 0.224 e. The maximum atomic E-state index is 13.3.